The Kier molecular flexibility index (Phi) is 5.07. The number of rotatable bonds is 5. The molecule has 0 bridgehead atoms. The quantitative estimate of drug-likeness (QED) is 0.411. The molecule has 0 saturated carbocycles. The molecule has 7 heteroatoms. The van der Waals surface area contributed by atoms with Gasteiger partial charge in [0, 0.05) is 49.2 Å². The van der Waals surface area contributed by atoms with Crippen molar-refractivity contribution in [2.45, 2.75) is 31.2 Å². The van der Waals surface area contributed by atoms with E-state index in [1.165, 1.54) is 13.0 Å². The summed E-state index contributed by atoms with van der Waals surface area (Å²) >= 11 is 0. The highest BCUT2D eigenvalue weighted by Gasteiger charge is 2.44. The number of anilines is 1. The van der Waals surface area contributed by atoms with Gasteiger partial charge < -0.3 is 15.7 Å². The van der Waals surface area contributed by atoms with Crippen LogP contribution in [0.25, 0.3) is 0 Å². The first-order chi connectivity index (χ1) is 14.0. The lowest BCUT2D eigenvalue weighted by atomic mass is 9.69. The molecule has 1 heterocycles. The van der Waals surface area contributed by atoms with Crippen LogP contribution in [-0.4, -0.2) is 35.1 Å². The number of carbonyl (C=O) groups excluding carboxylic acids is 1. The van der Waals surface area contributed by atoms with Gasteiger partial charge in [-0.3, -0.25) is 14.9 Å². The van der Waals surface area contributed by atoms with Crippen molar-refractivity contribution < 1.29 is 14.8 Å². The van der Waals surface area contributed by atoms with Crippen LogP contribution in [0.5, 0.6) is 0 Å². The molecule has 150 valence electrons. The summed E-state index contributed by atoms with van der Waals surface area (Å²) in [5.41, 5.74) is 4.85. The molecule has 29 heavy (non-hydrogen) atoms. The number of nitro groups is 1. The zero-order valence-corrected chi connectivity index (χ0v) is 16.1. The minimum atomic E-state index is -0.379. The van der Waals surface area contributed by atoms with Gasteiger partial charge in [0.15, 0.2) is 0 Å². The number of hydrogen-bond acceptors (Lipinski definition) is 5. The lowest BCUT2D eigenvalue weighted by molar-refractivity contribution is -0.384. The highest BCUT2D eigenvalue weighted by atomic mass is 16.6. The van der Waals surface area contributed by atoms with E-state index in [4.69, 9.17) is 0 Å². The van der Waals surface area contributed by atoms with Crippen molar-refractivity contribution in [1.29, 1.82) is 0 Å². The second-order valence-corrected chi connectivity index (χ2v) is 7.59. The summed E-state index contributed by atoms with van der Waals surface area (Å²) < 4.78 is 0. The number of fused-ring (bicyclic) bond motifs is 3. The van der Waals surface area contributed by atoms with Gasteiger partial charge in [-0.2, -0.15) is 0 Å². The van der Waals surface area contributed by atoms with Crippen LogP contribution in [0.4, 0.5) is 11.4 Å². The number of benzene rings is 2. The number of nitro benzene ring substituents is 1. The molecule has 4 rings (SSSR count). The fourth-order valence-corrected chi connectivity index (χ4v) is 4.65. The normalized spacial score (nSPS) is 22.5. The number of non-ortho nitro benzene ring substituents is 1. The molecule has 0 saturated heterocycles. The van der Waals surface area contributed by atoms with E-state index in [1.54, 1.807) is 12.1 Å². The molecule has 1 amide bonds. The third-order valence-electron chi connectivity index (χ3n) is 5.93. The molecule has 2 aromatic rings. The minimum absolute atomic E-state index is 0.00605. The van der Waals surface area contributed by atoms with Crippen molar-refractivity contribution in [3.8, 4) is 0 Å². The summed E-state index contributed by atoms with van der Waals surface area (Å²) in [7, 11) is 0. The van der Waals surface area contributed by atoms with Crippen molar-refractivity contribution in [3.05, 3.63) is 80.9 Å². The van der Waals surface area contributed by atoms with Gasteiger partial charge in [0.1, 0.15) is 0 Å². The number of aliphatic hydroxyl groups is 1. The molecule has 0 spiro atoms. The molecule has 7 nitrogen and oxygen atoms in total. The second kappa shape index (κ2) is 7.67. The van der Waals surface area contributed by atoms with Gasteiger partial charge in [-0.1, -0.05) is 30.3 Å². The molecular weight excluding hydrogens is 370 g/mol. The molecule has 1 aliphatic carbocycles. The van der Waals surface area contributed by atoms with Crippen LogP contribution in [0.2, 0.25) is 0 Å². The molecule has 1 aliphatic heterocycles. The van der Waals surface area contributed by atoms with Crippen LogP contribution < -0.4 is 10.6 Å². The van der Waals surface area contributed by atoms with Crippen molar-refractivity contribution in [2.75, 3.05) is 18.5 Å². The maximum atomic E-state index is 11.6. The molecule has 2 aromatic carbocycles. The van der Waals surface area contributed by atoms with Crippen molar-refractivity contribution >= 4 is 17.3 Å². The highest BCUT2D eigenvalue weighted by molar-refractivity contribution is 5.73. The molecule has 0 aromatic heterocycles. The van der Waals surface area contributed by atoms with Crippen molar-refractivity contribution in [2.24, 2.45) is 0 Å². The van der Waals surface area contributed by atoms with Crippen LogP contribution in [-0.2, 0) is 4.79 Å². The zero-order valence-electron chi connectivity index (χ0n) is 16.1. The molecule has 0 radical (unpaired) electrons. The second-order valence-electron chi connectivity index (χ2n) is 7.59. The molecule has 0 fully saturated rings. The fourth-order valence-electron chi connectivity index (χ4n) is 4.65. The van der Waals surface area contributed by atoms with E-state index in [9.17, 15) is 20.0 Å². The topological polar surface area (TPSA) is 104 Å². The maximum Gasteiger partial charge on any atom is 0.269 e. The largest absolute Gasteiger partial charge is 0.392 e. The molecule has 3 N–H and O–H groups in total. The van der Waals surface area contributed by atoms with E-state index in [2.05, 4.69) is 10.6 Å². The Labute approximate surface area is 168 Å². The Hall–Kier alpha value is -3.19. The van der Waals surface area contributed by atoms with Crippen molar-refractivity contribution in [3.63, 3.8) is 0 Å². The molecule has 2 aliphatic rings. The number of carbonyl (C=O) groups is 1. The minimum Gasteiger partial charge on any atom is -0.392 e. The van der Waals surface area contributed by atoms with E-state index < -0.39 is 0 Å². The van der Waals surface area contributed by atoms with Crippen LogP contribution in [0.15, 0.2) is 59.7 Å². The van der Waals surface area contributed by atoms with E-state index in [-0.39, 0.29) is 41.0 Å². The van der Waals surface area contributed by atoms with Gasteiger partial charge in [-0.25, -0.2) is 0 Å². The standard InChI is InChI=1S/C22H23N3O4/c1-13(27)23-11-19-15(12-26)9-18-17-10-16(25(28)29)7-8-20(17)24-22(18)21(19)14-5-3-2-4-6-14/h2-8,10,18,21-22,24,26H,9,11-12H2,1H3,(H,23,27)/t18-,21-,22+/m0/s1. The Balaban J connectivity index is 1.81. The Bertz CT molecular complexity index is 987. The number of nitrogens with zero attached hydrogens (tertiary/aromatic N) is 1. The van der Waals surface area contributed by atoms with E-state index in [1.807, 2.05) is 30.3 Å². The van der Waals surface area contributed by atoms with E-state index >= 15 is 0 Å². The maximum absolute atomic E-state index is 11.6. The van der Waals surface area contributed by atoms with Gasteiger partial charge >= 0.3 is 0 Å². The lowest BCUT2D eigenvalue weighted by Gasteiger charge is -2.38. The number of nitrogens with one attached hydrogen (secondary N) is 2. The summed E-state index contributed by atoms with van der Waals surface area (Å²) in [6.45, 7) is 1.74. The SMILES string of the molecule is CC(=O)NCC1=C(CO)C[C@H]2c3cc([N+](=O)[O-])ccc3N[C@H]2[C@H]1c1ccccc1. The smallest absolute Gasteiger partial charge is 0.269 e. The molecule has 0 unspecified atom stereocenters. The fraction of sp³-hybridized carbons (Fsp3) is 0.318. The Morgan fingerprint density at radius 1 is 1.28 bits per heavy atom. The lowest BCUT2D eigenvalue weighted by Crippen LogP contribution is -2.38. The van der Waals surface area contributed by atoms with Gasteiger partial charge in [-0.05, 0) is 34.8 Å². The summed E-state index contributed by atoms with van der Waals surface area (Å²) in [5, 5.41) is 27.8. The van der Waals surface area contributed by atoms with Crippen LogP contribution in [0.1, 0.15) is 36.3 Å². The first kappa shape index (κ1) is 19.1. The third-order valence-corrected chi connectivity index (χ3v) is 5.93. The average molecular weight is 393 g/mol. The van der Waals surface area contributed by atoms with E-state index in [0.29, 0.717) is 13.0 Å². The first-order valence-corrected chi connectivity index (χ1v) is 9.65. The summed E-state index contributed by atoms with van der Waals surface area (Å²) in [6, 6.07) is 14.9. The van der Waals surface area contributed by atoms with Gasteiger partial charge in [0.25, 0.3) is 5.69 Å². The molecular formula is C22H23N3O4. The van der Waals surface area contributed by atoms with Crippen molar-refractivity contribution in [1.82, 2.24) is 5.32 Å². The third kappa shape index (κ3) is 3.49. The summed E-state index contributed by atoms with van der Waals surface area (Å²) in [4.78, 5) is 22.4. The van der Waals surface area contributed by atoms with E-state index in [0.717, 1.165) is 28.0 Å². The number of aliphatic hydroxyl groups excluding tert-OH is 1. The predicted molar refractivity (Wildman–Crippen MR) is 110 cm³/mol. The van der Waals surface area contributed by atoms with Crippen LogP contribution in [0.3, 0.4) is 0 Å². The highest BCUT2D eigenvalue weighted by Crippen LogP contribution is 2.51. The van der Waals surface area contributed by atoms with Crippen LogP contribution in [0, 0.1) is 10.1 Å². The average Bonchev–Trinajstić information content (AvgIpc) is 3.08. The monoisotopic (exact) mass is 393 g/mol. The summed E-state index contributed by atoms with van der Waals surface area (Å²) in [6.07, 6.45) is 0.598. The first-order valence-electron chi connectivity index (χ1n) is 9.65. The number of amides is 1. The van der Waals surface area contributed by atoms with Crippen LogP contribution >= 0.6 is 0 Å². The zero-order chi connectivity index (χ0) is 20.5. The van der Waals surface area contributed by atoms with Gasteiger partial charge in [0.05, 0.1) is 11.5 Å². The molecule has 3 atom stereocenters. The Morgan fingerprint density at radius 3 is 2.69 bits per heavy atom. The van der Waals surface area contributed by atoms with Gasteiger partial charge in [-0.15, -0.1) is 0 Å². The summed E-state index contributed by atoms with van der Waals surface area (Å²) in [5.74, 6) is -0.171. The Morgan fingerprint density at radius 2 is 2.03 bits per heavy atom. The number of hydrogen-bond donors (Lipinski definition) is 3. The predicted octanol–water partition coefficient (Wildman–Crippen LogP) is 3.09. The van der Waals surface area contributed by atoms with Gasteiger partial charge in [0.2, 0.25) is 5.91 Å².